The molecule has 2 heterocycles. The highest BCUT2D eigenvalue weighted by molar-refractivity contribution is 6.04. The van der Waals surface area contributed by atoms with E-state index >= 15 is 0 Å². The van der Waals surface area contributed by atoms with Crippen LogP contribution in [0.3, 0.4) is 0 Å². The topological polar surface area (TPSA) is 88.2 Å². The van der Waals surface area contributed by atoms with E-state index < -0.39 is 58.5 Å². The number of benzene rings is 1. The highest BCUT2D eigenvalue weighted by Crippen LogP contribution is 2.46. The summed E-state index contributed by atoms with van der Waals surface area (Å²) < 4.78 is 54.2. The fourth-order valence-electron chi connectivity index (χ4n) is 5.58. The lowest BCUT2D eigenvalue weighted by Gasteiger charge is -2.42. The zero-order chi connectivity index (χ0) is 28.0. The van der Waals surface area contributed by atoms with Gasteiger partial charge in [-0.3, -0.25) is 9.59 Å². The lowest BCUT2D eigenvalue weighted by molar-refractivity contribution is -0.138. The molecular weight excluding hydrogens is 503 g/mol. The Hall–Kier alpha value is -2.98. The Balaban J connectivity index is 1.67. The maximum atomic E-state index is 14.3. The van der Waals surface area contributed by atoms with E-state index in [4.69, 9.17) is 9.47 Å². The Labute approximate surface area is 220 Å². The Morgan fingerprint density at radius 2 is 1.82 bits per heavy atom. The lowest BCUT2D eigenvalue weighted by atomic mass is 9.95. The van der Waals surface area contributed by atoms with Crippen LogP contribution in [0.1, 0.15) is 89.1 Å². The summed E-state index contributed by atoms with van der Waals surface area (Å²) in [5, 5.41) is 2.69. The number of ether oxygens (including phenoxy) is 2. The molecule has 0 radical (unpaired) electrons. The Kier molecular flexibility index (Phi) is 7.35. The van der Waals surface area contributed by atoms with Gasteiger partial charge in [0.05, 0.1) is 22.9 Å². The van der Waals surface area contributed by atoms with E-state index in [0.717, 1.165) is 25.0 Å². The van der Waals surface area contributed by atoms with E-state index in [0.29, 0.717) is 32.2 Å². The SMILES string of the molecule is CC(C)N(C(=O)c1cc2c(cc1C(F)(F)F)OC1(CCCC1)C(=O)N2)[C@@H]1CCCN(C(=O)OC(C)(C)C)C1. The van der Waals surface area contributed by atoms with E-state index in [-0.39, 0.29) is 18.0 Å². The molecule has 1 aromatic rings. The predicted molar refractivity (Wildman–Crippen MR) is 134 cm³/mol. The number of hydrogen-bond donors (Lipinski definition) is 1. The number of amides is 3. The van der Waals surface area contributed by atoms with Crippen LogP contribution in [0.15, 0.2) is 12.1 Å². The number of nitrogens with one attached hydrogen (secondary N) is 1. The molecule has 1 aliphatic carbocycles. The molecule has 1 saturated heterocycles. The highest BCUT2D eigenvalue weighted by atomic mass is 19.4. The smallest absolute Gasteiger partial charge is 0.417 e. The van der Waals surface area contributed by atoms with Crippen LogP contribution in [-0.2, 0) is 15.7 Å². The summed E-state index contributed by atoms with van der Waals surface area (Å²) in [7, 11) is 0. The molecule has 1 saturated carbocycles. The van der Waals surface area contributed by atoms with Gasteiger partial charge in [-0.2, -0.15) is 13.2 Å². The fraction of sp³-hybridized carbons (Fsp3) is 0.667. The van der Waals surface area contributed by atoms with Crippen molar-refractivity contribution < 1.29 is 37.0 Å². The van der Waals surface area contributed by atoms with Crippen molar-refractivity contribution in [2.24, 2.45) is 0 Å². The van der Waals surface area contributed by atoms with Gasteiger partial charge in [0.15, 0.2) is 5.60 Å². The van der Waals surface area contributed by atoms with Crippen molar-refractivity contribution >= 4 is 23.6 Å². The molecule has 1 atom stereocenters. The van der Waals surface area contributed by atoms with Crippen LogP contribution in [0.2, 0.25) is 0 Å². The summed E-state index contributed by atoms with van der Waals surface area (Å²) in [6.07, 6.45) is -1.91. The summed E-state index contributed by atoms with van der Waals surface area (Å²) in [5.41, 5.74) is -3.50. The molecule has 38 heavy (non-hydrogen) atoms. The first-order valence-electron chi connectivity index (χ1n) is 13.2. The highest BCUT2D eigenvalue weighted by Gasteiger charge is 2.48. The lowest BCUT2D eigenvalue weighted by Crippen LogP contribution is -2.54. The second-order valence-electron chi connectivity index (χ2n) is 11.7. The third-order valence-electron chi connectivity index (χ3n) is 7.27. The number of piperidine rings is 1. The minimum Gasteiger partial charge on any atom is -0.475 e. The van der Waals surface area contributed by atoms with E-state index in [2.05, 4.69) is 5.32 Å². The van der Waals surface area contributed by atoms with Crippen molar-refractivity contribution in [3.63, 3.8) is 0 Å². The standard InChI is InChI=1S/C27H36F3N3O5/c1-16(2)33(17-9-8-12-32(15-17)24(36)38-25(3,4)5)22(34)18-13-20-21(14-19(18)27(28,29)30)37-26(23(35)31-20)10-6-7-11-26/h13-14,16-17H,6-12,15H2,1-5H3,(H,31,35)/t17-/m1/s1. The maximum absolute atomic E-state index is 14.3. The van der Waals surface area contributed by atoms with E-state index in [1.54, 1.807) is 34.6 Å². The first-order chi connectivity index (χ1) is 17.6. The van der Waals surface area contributed by atoms with Gasteiger partial charge >= 0.3 is 12.3 Å². The zero-order valence-corrected chi connectivity index (χ0v) is 22.5. The molecule has 2 aliphatic heterocycles. The van der Waals surface area contributed by atoms with Gasteiger partial charge in [-0.05, 0) is 85.3 Å². The number of alkyl halides is 3. The second kappa shape index (κ2) is 9.96. The monoisotopic (exact) mass is 539 g/mol. The van der Waals surface area contributed by atoms with Crippen molar-refractivity contribution in [3.8, 4) is 5.75 Å². The molecule has 11 heteroatoms. The molecule has 1 aromatic carbocycles. The molecule has 2 fully saturated rings. The van der Waals surface area contributed by atoms with Gasteiger partial charge in [0.2, 0.25) is 0 Å². The summed E-state index contributed by atoms with van der Waals surface area (Å²) in [4.78, 5) is 42.2. The Morgan fingerprint density at radius 3 is 2.39 bits per heavy atom. The van der Waals surface area contributed by atoms with E-state index in [1.165, 1.54) is 9.80 Å². The van der Waals surface area contributed by atoms with Gasteiger partial charge in [-0.25, -0.2) is 4.79 Å². The van der Waals surface area contributed by atoms with Gasteiger partial charge in [0.1, 0.15) is 11.4 Å². The average Bonchev–Trinajstić information content (AvgIpc) is 3.27. The summed E-state index contributed by atoms with van der Waals surface area (Å²) in [6, 6.07) is 0.947. The minimum atomic E-state index is -4.83. The normalized spacial score (nSPS) is 21.1. The zero-order valence-electron chi connectivity index (χ0n) is 22.5. The van der Waals surface area contributed by atoms with Crippen molar-refractivity contribution in [3.05, 3.63) is 23.3 Å². The molecule has 0 aromatic heterocycles. The number of rotatable bonds is 3. The van der Waals surface area contributed by atoms with Crippen molar-refractivity contribution in [1.82, 2.24) is 9.80 Å². The average molecular weight is 540 g/mol. The summed E-state index contributed by atoms with van der Waals surface area (Å²) in [5.74, 6) is -1.30. The quantitative estimate of drug-likeness (QED) is 0.540. The molecule has 210 valence electrons. The number of anilines is 1. The number of carbonyl (C=O) groups is 3. The van der Waals surface area contributed by atoms with E-state index in [1.807, 2.05) is 0 Å². The molecule has 0 unspecified atom stereocenters. The molecule has 3 aliphatic rings. The van der Waals surface area contributed by atoms with Gasteiger partial charge in [0, 0.05) is 19.1 Å². The number of fused-ring (bicyclic) bond motifs is 1. The van der Waals surface area contributed by atoms with E-state index in [9.17, 15) is 27.6 Å². The van der Waals surface area contributed by atoms with Gasteiger partial charge < -0.3 is 24.6 Å². The van der Waals surface area contributed by atoms with Crippen LogP contribution < -0.4 is 10.1 Å². The predicted octanol–water partition coefficient (Wildman–Crippen LogP) is 5.60. The van der Waals surface area contributed by atoms with Crippen molar-refractivity contribution in [1.29, 1.82) is 0 Å². The molecule has 1 spiro atoms. The number of hydrogen-bond acceptors (Lipinski definition) is 5. The number of nitrogens with zero attached hydrogens (tertiary/aromatic N) is 2. The summed E-state index contributed by atoms with van der Waals surface area (Å²) >= 11 is 0. The largest absolute Gasteiger partial charge is 0.475 e. The molecule has 8 nitrogen and oxygen atoms in total. The van der Waals surface area contributed by atoms with Crippen LogP contribution in [0.25, 0.3) is 0 Å². The third-order valence-corrected chi connectivity index (χ3v) is 7.27. The molecule has 0 bridgehead atoms. The fourth-order valence-corrected chi connectivity index (χ4v) is 5.58. The Morgan fingerprint density at radius 1 is 1.16 bits per heavy atom. The molecule has 3 amide bonds. The maximum Gasteiger partial charge on any atom is 0.417 e. The number of likely N-dealkylation sites (tertiary alicyclic amines) is 1. The van der Waals surface area contributed by atoms with Crippen LogP contribution >= 0.6 is 0 Å². The molecule has 1 N–H and O–H groups in total. The Bertz CT molecular complexity index is 1110. The van der Waals surface area contributed by atoms with Crippen LogP contribution in [0.5, 0.6) is 5.75 Å². The first-order valence-corrected chi connectivity index (χ1v) is 13.2. The molecule has 4 rings (SSSR count). The van der Waals surface area contributed by atoms with Crippen molar-refractivity contribution in [2.45, 2.75) is 103 Å². The molecular formula is C27H36F3N3O5. The number of carbonyl (C=O) groups excluding carboxylic acids is 3. The van der Waals surface area contributed by atoms with Gasteiger partial charge in [-0.15, -0.1) is 0 Å². The van der Waals surface area contributed by atoms with Crippen molar-refractivity contribution in [2.75, 3.05) is 18.4 Å². The first kappa shape index (κ1) is 28.0. The van der Waals surface area contributed by atoms with Crippen LogP contribution in [0, 0.1) is 0 Å². The number of halogens is 3. The van der Waals surface area contributed by atoms with Gasteiger partial charge in [0.25, 0.3) is 11.8 Å². The second-order valence-corrected chi connectivity index (χ2v) is 11.7. The van der Waals surface area contributed by atoms with Gasteiger partial charge in [-0.1, -0.05) is 0 Å². The van der Waals surface area contributed by atoms with Crippen LogP contribution in [-0.4, -0.2) is 64.1 Å². The minimum absolute atomic E-state index is 0.0478. The summed E-state index contributed by atoms with van der Waals surface area (Å²) in [6.45, 7) is 9.29. The third kappa shape index (κ3) is 5.56. The van der Waals surface area contributed by atoms with Crippen LogP contribution in [0.4, 0.5) is 23.7 Å².